The number of rotatable bonds is 8. The van der Waals surface area contributed by atoms with Gasteiger partial charge in [-0.2, -0.15) is 5.26 Å². The zero-order chi connectivity index (χ0) is 25.6. The fourth-order valence-corrected chi connectivity index (χ4v) is 4.84. The van der Waals surface area contributed by atoms with Crippen molar-refractivity contribution in [2.75, 3.05) is 52.5 Å². The Morgan fingerprint density at radius 2 is 2.16 bits per heavy atom. The highest BCUT2D eigenvalue weighted by molar-refractivity contribution is 5.95. The summed E-state index contributed by atoms with van der Waals surface area (Å²) in [5, 5.41) is 19.8. The molecule has 192 valence electrons. The van der Waals surface area contributed by atoms with Crippen LogP contribution in [0.4, 0.5) is 0 Å². The Bertz CT molecular complexity index is 1320. The van der Waals surface area contributed by atoms with Crippen molar-refractivity contribution in [2.24, 2.45) is 0 Å². The summed E-state index contributed by atoms with van der Waals surface area (Å²) in [5.74, 6) is 0.435. The number of aromatic amines is 1. The van der Waals surface area contributed by atoms with Gasteiger partial charge < -0.3 is 24.5 Å². The van der Waals surface area contributed by atoms with Crippen LogP contribution in [0.1, 0.15) is 24.0 Å². The zero-order valence-corrected chi connectivity index (χ0v) is 20.7. The molecule has 9 nitrogen and oxygen atoms in total. The second kappa shape index (κ2) is 11.6. The van der Waals surface area contributed by atoms with Crippen molar-refractivity contribution in [3.05, 3.63) is 53.9 Å². The summed E-state index contributed by atoms with van der Waals surface area (Å²) in [6.45, 7) is 5.24. The molecule has 0 saturated carbocycles. The van der Waals surface area contributed by atoms with Gasteiger partial charge in [-0.05, 0) is 29.3 Å². The number of nitrogens with zero attached hydrogens (tertiary/aromatic N) is 4. The normalized spacial score (nSPS) is 18.5. The monoisotopic (exact) mass is 501 g/mol. The molecule has 0 bridgehead atoms. The maximum atomic E-state index is 12.0. The maximum Gasteiger partial charge on any atom is 0.225 e. The largest absolute Gasteiger partial charge is 0.487 e. The number of hydrogen-bond donors (Lipinski definition) is 2. The third-order valence-electron chi connectivity index (χ3n) is 6.86. The molecule has 2 fully saturated rings. The number of aliphatic hydroxyl groups excluding tert-OH is 1. The van der Waals surface area contributed by atoms with E-state index < -0.39 is 0 Å². The van der Waals surface area contributed by atoms with Crippen LogP contribution in [0.5, 0.6) is 5.75 Å². The maximum absolute atomic E-state index is 12.0. The predicted octanol–water partition coefficient (Wildman–Crippen LogP) is 2.81. The van der Waals surface area contributed by atoms with Crippen molar-refractivity contribution < 1.29 is 19.4 Å². The second-order valence-electron chi connectivity index (χ2n) is 9.35. The van der Waals surface area contributed by atoms with Gasteiger partial charge in [-0.1, -0.05) is 18.2 Å². The molecular weight excluding hydrogens is 470 g/mol. The van der Waals surface area contributed by atoms with Crippen LogP contribution in [0.25, 0.3) is 28.2 Å². The van der Waals surface area contributed by atoms with Gasteiger partial charge in [-0.3, -0.25) is 9.69 Å². The lowest BCUT2D eigenvalue weighted by Crippen LogP contribution is -2.36. The standard InChI is InChI=1S/C28H31N5O4/c29-16-22-15-21(3-4-26(22)37-23-5-8-33(19-23)27(35)6-11-34)25-18-31-28-24(25)14-20(17-30-28)2-1-7-32-9-12-36-13-10-32/h1-4,14-15,17-18,23,34H,5-13,19H2,(H,30,31)/b2-1+/t23-/m1/s1. The first-order valence-corrected chi connectivity index (χ1v) is 12.7. The van der Waals surface area contributed by atoms with Gasteiger partial charge in [0.2, 0.25) is 5.91 Å². The molecule has 2 aliphatic rings. The van der Waals surface area contributed by atoms with Crippen LogP contribution in [-0.4, -0.2) is 89.4 Å². The molecule has 37 heavy (non-hydrogen) atoms. The molecule has 0 aliphatic carbocycles. The van der Waals surface area contributed by atoms with Gasteiger partial charge in [0.25, 0.3) is 0 Å². The minimum Gasteiger partial charge on any atom is -0.487 e. The molecule has 0 unspecified atom stereocenters. The zero-order valence-electron chi connectivity index (χ0n) is 20.7. The van der Waals surface area contributed by atoms with E-state index in [0.29, 0.717) is 30.8 Å². The van der Waals surface area contributed by atoms with Crippen molar-refractivity contribution in [3.8, 4) is 22.9 Å². The number of nitriles is 1. The number of amides is 1. The number of aromatic nitrogens is 2. The van der Waals surface area contributed by atoms with Crippen molar-refractivity contribution in [3.63, 3.8) is 0 Å². The molecule has 5 rings (SSSR count). The Labute approximate surface area is 215 Å². The topological polar surface area (TPSA) is 115 Å². The first-order valence-electron chi connectivity index (χ1n) is 12.7. The van der Waals surface area contributed by atoms with Gasteiger partial charge in [-0.25, -0.2) is 4.98 Å². The molecule has 0 spiro atoms. The number of aliphatic hydroxyl groups is 1. The molecule has 3 aromatic rings. The number of pyridine rings is 1. The average Bonchev–Trinajstić information content (AvgIpc) is 3.57. The SMILES string of the molecule is N#Cc1cc(-c2c[nH]c3ncc(/C=C/CN4CCOCC4)cc23)ccc1O[C@@H]1CCN(C(=O)CCO)C1. The Kier molecular flexibility index (Phi) is 7.80. The number of morpholine rings is 1. The molecule has 2 saturated heterocycles. The minimum absolute atomic E-state index is 0.0762. The van der Waals surface area contributed by atoms with Crippen LogP contribution < -0.4 is 4.74 Å². The van der Waals surface area contributed by atoms with E-state index in [1.165, 1.54) is 0 Å². The number of H-pyrrole nitrogens is 1. The molecule has 9 heteroatoms. The lowest BCUT2D eigenvalue weighted by molar-refractivity contribution is -0.131. The number of fused-ring (bicyclic) bond motifs is 1. The Balaban J connectivity index is 1.31. The first-order chi connectivity index (χ1) is 18.1. The first kappa shape index (κ1) is 25.0. The van der Waals surface area contributed by atoms with Crippen LogP contribution in [-0.2, 0) is 9.53 Å². The van der Waals surface area contributed by atoms with Gasteiger partial charge >= 0.3 is 0 Å². The van der Waals surface area contributed by atoms with Gasteiger partial charge in [-0.15, -0.1) is 0 Å². The van der Waals surface area contributed by atoms with E-state index in [2.05, 4.69) is 39.2 Å². The summed E-state index contributed by atoms with van der Waals surface area (Å²) in [5.41, 5.74) is 4.12. The molecule has 2 N–H and O–H groups in total. The number of carbonyl (C=O) groups excluding carboxylic acids is 1. The predicted molar refractivity (Wildman–Crippen MR) is 140 cm³/mol. The van der Waals surface area contributed by atoms with Gasteiger partial charge in [0, 0.05) is 62.4 Å². The Morgan fingerprint density at radius 1 is 1.30 bits per heavy atom. The van der Waals surface area contributed by atoms with E-state index in [1.807, 2.05) is 30.6 Å². The molecule has 1 amide bonds. The highest BCUT2D eigenvalue weighted by Gasteiger charge is 2.28. The van der Waals surface area contributed by atoms with Gasteiger partial charge in [0.15, 0.2) is 0 Å². The van der Waals surface area contributed by atoms with Crippen LogP contribution >= 0.6 is 0 Å². The number of ether oxygens (including phenoxy) is 2. The van der Waals surface area contributed by atoms with Crippen LogP contribution in [0.15, 0.2) is 42.7 Å². The number of hydrogen-bond acceptors (Lipinski definition) is 7. The molecule has 2 aliphatic heterocycles. The summed E-state index contributed by atoms with van der Waals surface area (Å²) < 4.78 is 11.5. The van der Waals surface area contributed by atoms with E-state index in [4.69, 9.17) is 14.6 Å². The minimum atomic E-state index is -0.176. The second-order valence-corrected chi connectivity index (χ2v) is 9.35. The highest BCUT2D eigenvalue weighted by atomic mass is 16.5. The van der Waals surface area contributed by atoms with E-state index in [1.54, 1.807) is 4.90 Å². The third-order valence-corrected chi connectivity index (χ3v) is 6.86. The van der Waals surface area contributed by atoms with Crippen LogP contribution in [0.2, 0.25) is 0 Å². The molecule has 2 aromatic heterocycles. The van der Waals surface area contributed by atoms with E-state index in [-0.39, 0.29) is 25.0 Å². The number of carbonyl (C=O) groups is 1. The lowest BCUT2D eigenvalue weighted by Gasteiger charge is -2.25. The molecule has 1 aromatic carbocycles. The van der Waals surface area contributed by atoms with Crippen molar-refractivity contribution in [1.82, 2.24) is 19.8 Å². The molecule has 1 atom stereocenters. The number of benzene rings is 1. The Morgan fingerprint density at radius 3 is 2.97 bits per heavy atom. The van der Waals surface area contributed by atoms with E-state index in [0.717, 1.165) is 60.6 Å². The smallest absolute Gasteiger partial charge is 0.225 e. The number of nitrogens with one attached hydrogen (secondary N) is 1. The quantitative estimate of drug-likeness (QED) is 0.488. The molecular formula is C28H31N5O4. The average molecular weight is 502 g/mol. The molecule has 4 heterocycles. The molecule has 0 radical (unpaired) electrons. The Hall–Kier alpha value is -3.71. The van der Waals surface area contributed by atoms with Crippen molar-refractivity contribution in [1.29, 1.82) is 5.26 Å². The fourth-order valence-electron chi connectivity index (χ4n) is 4.84. The number of likely N-dealkylation sites (tertiary alicyclic amines) is 1. The summed E-state index contributed by atoms with van der Waals surface area (Å²) in [4.78, 5) is 23.9. The van der Waals surface area contributed by atoms with E-state index >= 15 is 0 Å². The lowest BCUT2D eigenvalue weighted by atomic mass is 10.0. The van der Waals surface area contributed by atoms with Gasteiger partial charge in [0.05, 0.1) is 31.9 Å². The fraction of sp³-hybridized carbons (Fsp3) is 0.393. The van der Waals surface area contributed by atoms with Crippen molar-refractivity contribution in [2.45, 2.75) is 18.9 Å². The summed E-state index contributed by atoms with van der Waals surface area (Å²) in [7, 11) is 0. The van der Waals surface area contributed by atoms with Crippen molar-refractivity contribution >= 4 is 23.0 Å². The van der Waals surface area contributed by atoms with Gasteiger partial charge in [0.1, 0.15) is 23.6 Å². The highest BCUT2D eigenvalue weighted by Crippen LogP contribution is 2.32. The summed E-state index contributed by atoms with van der Waals surface area (Å²) in [6.07, 6.45) is 8.65. The van der Waals surface area contributed by atoms with E-state index in [9.17, 15) is 10.1 Å². The summed E-state index contributed by atoms with van der Waals surface area (Å²) >= 11 is 0. The van der Waals surface area contributed by atoms with Crippen LogP contribution in [0.3, 0.4) is 0 Å². The summed E-state index contributed by atoms with van der Waals surface area (Å²) in [6, 6.07) is 9.97. The third kappa shape index (κ3) is 5.83. The van der Waals surface area contributed by atoms with Crippen LogP contribution in [0, 0.1) is 11.3 Å².